The van der Waals surface area contributed by atoms with Crippen LogP contribution in [0.4, 0.5) is 0 Å². The number of sulfonamides is 1. The van der Waals surface area contributed by atoms with Crippen molar-refractivity contribution in [1.29, 1.82) is 0 Å². The molecule has 6 nitrogen and oxygen atoms in total. The van der Waals surface area contributed by atoms with E-state index in [1.54, 1.807) is 13.8 Å². The van der Waals surface area contributed by atoms with Crippen molar-refractivity contribution in [3.8, 4) is 0 Å². The zero-order valence-electron chi connectivity index (χ0n) is 10.2. The topological polar surface area (TPSA) is 75.4 Å². The Labute approximate surface area is 101 Å². The Kier molecular flexibility index (Phi) is 3.24. The average Bonchev–Trinajstić information content (AvgIpc) is 2.59. The lowest BCUT2D eigenvalue weighted by atomic mass is 10.3. The summed E-state index contributed by atoms with van der Waals surface area (Å²) < 4.78 is 31.4. The molecule has 1 fully saturated rings. The van der Waals surface area contributed by atoms with Crippen LogP contribution in [0.3, 0.4) is 0 Å². The molecular formula is C10H17N3O3S. The van der Waals surface area contributed by atoms with Gasteiger partial charge in [0.15, 0.2) is 5.76 Å². The lowest BCUT2D eigenvalue weighted by Gasteiger charge is -2.32. The molecule has 2 rings (SSSR count). The maximum absolute atomic E-state index is 12.5. The van der Waals surface area contributed by atoms with Gasteiger partial charge in [0, 0.05) is 25.7 Å². The molecule has 1 aliphatic rings. The van der Waals surface area contributed by atoms with Crippen molar-refractivity contribution < 1.29 is 12.9 Å². The Morgan fingerprint density at radius 1 is 1.47 bits per heavy atom. The van der Waals surface area contributed by atoms with E-state index in [0.717, 1.165) is 0 Å². The van der Waals surface area contributed by atoms with Gasteiger partial charge in [-0.2, -0.15) is 4.31 Å². The standard InChI is InChI=1S/C10H17N3O3S/c1-7-6-11-4-5-13(7)17(14,15)10-8(2)12-16-9(10)3/h7,11H,4-6H2,1-3H3. The van der Waals surface area contributed by atoms with Gasteiger partial charge in [0.05, 0.1) is 0 Å². The van der Waals surface area contributed by atoms with Gasteiger partial charge in [-0.05, 0) is 20.8 Å². The van der Waals surface area contributed by atoms with E-state index in [1.165, 1.54) is 4.31 Å². The molecule has 2 heterocycles. The fourth-order valence-corrected chi connectivity index (χ4v) is 4.07. The summed E-state index contributed by atoms with van der Waals surface area (Å²) in [6, 6.07) is -0.0533. The number of hydrogen-bond donors (Lipinski definition) is 1. The normalized spacial score (nSPS) is 22.9. The van der Waals surface area contributed by atoms with E-state index in [4.69, 9.17) is 4.52 Å². The predicted molar refractivity (Wildman–Crippen MR) is 62.2 cm³/mol. The molecule has 0 saturated carbocycles. The van der Waals surface area contributed by atoms with Crippen LogP contribution in [0.2, 0.25) is 0 Å². The van der Waals surface area contributed by atoms with Crippen molar-refractivity contribution >= 4 is 10.0 Å². The summed E-state index contributed by atoms with van der Waals surface area (Å²) in [5.74, 6) is 0.355. The predicted octanol–water partition coefficient (Wildman–Crippen LogP) is 0.274. The van der Waals surface area contributed by atoms with Gasteiger partial charge in [-0.3, -0.25) is 0 Å². The number of nitrogens with zero attached hydrogens (tertiary/aromatic N) is 2. The molecule has 1 saturated heterocycles. The highest BCUT2D eigenvalue weighted by Crippen LogP contribution is 2.25. The highest BCUT2D eigenvalue weighted by atomic mass is 32.2. The summed E-state index contributed by atoms with van der Waals surface area (Å²) in [4.78, 5) is 0.214. The molecule has 0 aliphatic carbocycles. The van der Waals surface area contributed by atoms with Gasteiger partial charge in [0.1, 0.15) is 10.6 Å². The van der Waals surface area contributed by atoms with Crippen LogP contribution in [-0.2, 0) is 10.0 Å². The third-order valence-electron chi connectivity index (χ3n) is 2.97. The minimum absolute atomic E-state index is 0.0533. The molecule has 7 heteroatoms. The van der Waals surface area contributed by atoms with Crippen molar-refractivity contribution in [2.75, 3.05) is 19.6 Å². The molecule has 0 radical (unpaired) electrons. The first-order chi connectivity index (χ1) is 7.94. The van der Waals surface area contributed by atoms with E-state index >= 15 is 0 Å². The van der Waals surface area contributed by atoms with Crippen LogP contribution in [0, 0.1) is 13.8 Å². The number of hydrogen-bond acceptors (Lipinski definition) is 5. The molecule has 1 atom stereocenters. The summed E-state index contributed by atoms with van der Waals surface area (Å²) in [6.07, 6.45) is 0. The zero-order chi connectivity index (χ0) is 12.6. The van der Waals surface area contributed by atoms with E-state index in [2.05, 4.69) is 10.5 Å². The minimum Gasteiger partial charge on any atom is -0.360 e. The number of aromatic nitrogens is 1. The second kappa shape index (κ2) is 4.40. The SMILES string of the molecule is Cc1noc(C)c1S(=O)(=O)N1CCNCC1C. The van der Waals surface area contributed by atoms with Gasteiger partial charge in [0.25, 0.3) is 0 Å². The van der Waals surface area contributed by atoms with Crippen molar-refractivity contribution in [3.63, 3.8) is 0 Å². The van der Waals surface area contributed by atoms with Gasteiger partial charge in [0.2, 0.25) is 10.0 Å². The summed E-state index contributed by atoms with van der Waals surface area (Å²) in [5, 5.41) is 6.87. The van der Waals surface area contributed by atoms with Crippen LogP contribution in [0.5, 0.6) is 0 Å². The second-order valence-electron chi connectivity index (χ2n) is 4.32. The summed E-state index contributed by atoms with van der Waals surface area (Å²) in [7, 11) is -3.49. The van der Waals surface area contributed by atoms with Gasteiger partial charge >= 0.3 is 0 Å². The van der Waals surface area contributed by atoms with Crippen LogP contribution in [0.15, 0.2) is 9.42 Å². The Hall–Kier alpha value is -0.920. The average molecular weight is 259 g/mol. The Bertz CT molecular complexity index is 489. The summed E-state index contributed by atoms with van der Waals surface area (Å²) in [5.41, 5.74) is 0.424. The first kappa shape index (κ1) is 12.5. The third-order valence-corrected chi connectivity index (χ3v) is 5.23. The molecule has 1 unspecified atom stereocenters. The summed E-state index contributed by atoms with van der Waals surface area (Å²) in [6.45, 7) is 6.99. The molecule has 0 spiro atoms. The van der Waals surface area contributed by atoms with Gasteiger partial charge in [-0.15, -0.1) is 0 Å². The fourth-order valence-electron chi connectivity index (χ4n) is 2.14. The van der Waals surface area contributed by atoms with Crippen molar-refractivity contribution in [3.05, 3.63) is 11.5 Å². The molecule has 0 bridgehead atoms. The molecular weight excluding hydrogens is 242 g/mol. The highest BCUT2D eigenvalue weighted by molar-refractivity contribution is 7.89. The molecule has 1 aromatic heterocycles. The van der Waals surface area contributed by atoms with Crippen molar-refractivity contribution in [2.45, 2.75) is 31.7 Å². The number of aryl methyl sites for hydroxylation is 2. The molecule has 1 N–H and O–H groups in total. The van der Waals surface area contributed by atoms with E-state index in [1.807, 2.05) is 6.92 Å². The Morgan fingerprint density at radius 3 is 2.71 bits per heavy atom. The monoisotopic (exact) mass is 259 g/mol. The first-order valence-corrected chi connectivity index (χ1v) is 7.04. The quantitative estimate of drug-likeness (QED) is 0.825. The van der Waals surface area contributed by atoms with Crippen LogP contribution in [0.1, 0.15) is 18.4 Å². The Balaban J connectivity index is 2.42. The lowest BCUT2D eigenvalue weighted by molar-refractivity contribution is 0.283. The first-order valence-electron chi connectivity index (χ1n) is 5.60. The van der Waals surface area contributed by atoms with E-state index < -0.39 is 10.0 Å². The minimum atomic E-state index is -3.49. The van der Waals surface area contributed by atoms with Crippen LogP contribution in [0.25, 0.3) is 0 Å². The Morgan fingerprint density at radius 2 is 2.18 bits per heavy atom. The molecule has 1 aromatic rings. The number of piperazine rings is 1. The van der Waals surface area contributed by atoms with Crippen LogP contribution in [-0.4, -0.2) is 43.6 Å². The second-order valence-corrected chi connectivity index (χ2v) is 6.15. The smallest absolute Gasteiger partial charge is 0.248 e. The molecule has 0 amide bonds. The van der Waals surface area contributed by atoms with E-state index in [9.17, 15) is 8.42 Å². The fraction of sp³-hybridized carbons (Fsp3) is 0.700. The van der Waals surface area contributed by atoms with E-state index in [0.29, 0.717) is 31.1 Å². The van der Waals surface area contributed by atoms with Gasteiger partial charge in [-0.25, -0.2) is 8.42 Å². The van der Waals surface area contributed by atoms with Crippen molar-refractivity contribution in [2.24, 2.45) is 0 Å². The lowest BCUT2D eigenvalue weighted by Crippen LogP contribution is -2.52. The number of nitrogens with one attached hydrogen (secondary N) is 1. The molecule has 17 heavy (non-hydrogen) atoms. The molecule has 96 valence electrons. The zero-order valence-corrected chi connectivity index (χ0v) is 11.0. The maximum atomic E-state index is 12.5. The highest BCUT2D eigenvalue weighted by Gasteiger charge is 2.35. The van der Waals surface area contributed by atoms with Gasteiger partial charge in [-0.1, -0.05) is 5.16 Å². The van der Waals surface area contributed by atoms with Crippen molar-refractivity contribution in [1.82, 2.24) is 14.8 Å². The van der Waals surface area contributed by atoms with Crippen LogP contribution < -0.4 is 5.32 Å². The van der Waals surface area contributed by atoms with Gasteiger partial charge < -0.3 is 9.84 Å². The van der Waals surface area contributed by atoms with Crippen LogP contribution >= 0.6 is 0 Å². The third kappa shape index (κ3) is 2.10. The maximum Gasteiger partial charge on any atom is 0.248 e. The molecule has 0 aromatic carbocycles. The summed E-state index contributed by atoms with van der Waals surface area (Å²) >= 11 is 0. The van der Waals surface area contributed by atoms with E-state index in [-0.39, 0.29) is 10.9 Å². The molecule has 1 aliphatic heterocycles. The number of rotatable bonds is 2. The largest absolute Gasteiger partial charge is 0.360 e.